The molecular weight excluding hydrogens is 328 g/mol. The van der Waals surface area contributed by atoms with Gasteiger partial charge in [-0.05, 0) is 66.6 Å². The Balaban J connectivity index is 2.48. The van der Waals surface area contributed by atoms with E-state index in [0.29, 0.717) is 16.2 Å². The van der Waals surface area contributed by atoms with Crippen molar-refractivity contribution in [2.45, 2.75) is 138 Å². The Hall–Kier alpha value is -0.0800. The van der Waals surface area contributed by atoms with E-state index in [-0.39, 0.29) is 22.5 Å². The number of rotatable bonds is 5. The lowest BCUT2D eigenvalue weighted by molar-refractivity contribution is -0.0509. The Morgan fingerprint density at radius 2 is 1.22 bits per heavy atom. The Morgan fingerprint density at radius 1 is 0.741 bits per heavy atom. The van der Waals surface area contributed by atoms with E-state index in [0.717, 1.165) is 6.42 Å². The molecule has 2 rings (SSSR count). The highest BCUT2D eigenvalue weighted by Crippen LogP contribution is 2.55. The maximum atomic E-state index is 7.07. The van der Waals surface area contributed by atoms with Gasteiger partial charge < -0.3 is 11.1 Å². The van der Waals surface area contributed by atoms with E-state index in [9.17, 15) is 0 Å². The zero-order chi connectivity index (χ0) is 20.9. The standard InChI is InChI=1S/C25H50N2/c1-11-13-24(16-20(3,4)14-21(5,6)17-24)27-25(12-2)18-22(7,8)15-23(9,10)19(25)26/h19,27H,11-18,26H2,1-10H3. The van der Waals surface area contributed by atoms with E-state index in [1.54, 1.807) is 0 Å². The van der Waals surface area contributed by atoms with E-state index in [4.69, 9.17) is 5.73 Å². The van der Waals surface area contributed by atoms with Gasteiger partial charge in [0.25, 0.3) is 0 Å². The van der Waals surface area contributed by atoms with Crippen molar-refractivity contribution in [3.8, 4) is 0 Å². The van der Waals surface area contributed by atoms with Crippen LogP contribution >= 0.6 is 0 Å². The van der Waals surface area contributed by atoms with E-state index in [1.807, 2.05) is 0 Å². The minimum atomic E-state index is 0.0317. The summed E-state index contributed by atoms with van der Waals surface area (Å²) >= 11 is 0. The van der Waals surface area contributed by atoms with Crippen LogP contribution in [0.5, 0.6) is 0 Å². The van der Waals surface area contributed by atoms with Crippen LogP contribution in [0, 0.1) is 21.7 Å². The molecule has 2 saturated carbocycles. The lowest BCUT2D eigenvalue weighted by atomic mass is 9.52. The van der Waals surface area contributed by atoms with Crippen molar-refractivity contribution >= 4 is 0 Å². The lowest BCUT2D eigenvalue weighted by Crippen LogP contribution is -2.73. The van der Waals surface area contributed by atoms with Crippen molar-refractivity contribution in [2.24, 2.45) is 27.4 Å². The normalized spacial score (nSPS) is 36.3. The van der Waals surface area contributed by atoms with Crippen LogP contribution in [0.3, 0.4) is 0 Å². The molecule has 0 spiro atoms. The topological polar surface area (TPSA) is 38.0 Å². The number of nitrogens with one attached hydrogen (secondary N) is 1. The van der Waals surface area contributed by atoms with Gasteiger partial charge in [0.05, 0.1) is 0 Å². The zero-order valence-electron chi connectivity index (χ0n) is 20.3. The third kappa shape index (κ3) is 4.92. The van der Waals surface area contributed by atoms with Gasteiger partial charge in [0.2, 0.25) is 0 Å². The molecule has 0 aromatic rings. The third-order valence-corrected chi connectivity index (χ3v) is 7.63. The van der Waals surface area contributed by atoms with Gasteiger partial charge in [0.15, 0.2) is 0 Å². The number of hydrogen-bond donors (Lipinski definition) is 2. The number of nitrogens with two attached hydrogens (primary N) is 1. The molecule has 0 heterocycles. The van der Waals surface area contributed by atoms with Gasteiger partial charge in [-0.3, -0.25) is 0 Å². The lowest BCUT2D eigenvalue weighted by Gasteiger charge is -2.62. The molecule has 2 heteroatoms. The van der Waals surface area contributed by atoms with Crippen LogP contribution in [-0.4, -0.2) is 17.1 Å². The fourth-order valence-electron chi connectivity index (χ4n) is 8.32. The molecule has 0 radical (unpaired) electrons. The first-order chi connectivity index (χ1) is 12.0. The fourth-order valence-corrected chi connectivity index (χ4v) is 8.32. The van der Waals surface area contributed by atoms with Crippen LogP contribution in [0.4, 0.5) is 0 Å². The molecule has 0 aliphatic heterocycles. The fraction of sp³-hybridized carbons (Fsp3) is 1.00. The van der Waals surface area contributed by atoms with Gasteiger partial charge in [-0.25, -0.2) is 0 Å². The van der Waals surface area contributed by atoms with E-state index < -0.39 is 0 Å². The zero-order valence-corrected chi connectivity index (χ0v) is 20.3. The first-order valence-electron chi connectivity index (χ1n) is 11.6. The van der Waals surface area contributed by atoms with Gasteiger partial charge in [-0.2, -0.15) is 0 Å². The quantitative estimate of drug-likeness (QED) is 0.560. The Kier molecular flexibility index (Phi) is 6.02. The van der Waals surface area contributed by atoms with Gasteiger partial charge in [-0.15, -0.1) is 0 Å². The molecule has 0 amide bonds. The van der Waals surface area contributed by atoms with Crippen molar-refractivity contribution in [2.75, 3.05) is 0 Å². The summed E-state index contributed by atoms with van der Waals surface area (Å²) in [5.74, 6) is 0. The summed E-state index contributed by atoms with van der Waals surface area (Å²) in [5, 5.41) is 4.38. The molecule has 160 valence electrons. The Morgan fingerprint density at radius 3 is 1.67 bits per heavy atom. The Bertz CT molecular complexity index is 512. The molecule has 3 N–H and O–H groups in total. The molecule has 2 atom stereocenters. The molecule has 2 aliphatic carbocycles. The van der Waals surface area contributed by atoms with Crippen LogP contribution in [0.25, 0.3) is 0 Å². The van der Waals surface area contributed by atoms with E-state index >= 15 is 0 Å². The monoisotopic (exact) mass is 378 g/mol. The van der Waals surface area contributed by atoms with Gasteiger partial charge in [0, 0.05) is 17.1 Å². The minimum Gasteiger partial charge on any atom is -0.326 e. The SMILES string of the molecule is CCCC1(NC2(CC)CC(C)(C)CC(C)(C)C2N)CC(C)(C)CC(C)(C)C1. The highest BCUT2D eigenvalue weighted by molar-refractivity contribution is 5.15. The van der Waals surface area contributed by atoms with Crippen LogP contribution in [0.1, 0.15) is 121 Å². The summed E-state index contributed by atoms with van der Waals surface area (Å²) in [6.07, 6.45) is 9.87. The van der Waals surface area contributed by atoms with Crippen LogP contribution in [0.2, 0.25) is 0 Å². The second-order valence-corrected chi connectivity index (χ2v) is 13.5. The smallest absolute Gasteiger partial charge is 0.0345 e. The molecular formula is C25H50N2. The largest absolute Gasteiger partial charge is 0.326 e. The predicted octanol–water partition coefficient (Wildman–Crippen LogP) is 6.67. The summed E-state index contributed by atoms with van der Waals surface area (Å²) in [4.78, 5) is 0. The van der Waals surface area contributed by atoms with E-state index in [1.165, 1.54) is 44.9 Å². The second-order valence-electron chi connectivity index (χ2n) is 13.5. The molecule has 2 aliphatic rings. The first-order valence-corrected chi connectivity index (χ1v) is 11.6. The van der Waals surface area contributed by atoms with Crippen molar-refractivity contribution in [3.05, 3.63) is 0 Å². The average molecular weight is 379 g/mol. The van der Waals surface area contributed by atoms with Crippen LogP contribution < -0.4 is 11.1 Å². The predicted molar refractivity (Wildman–Crippen MR) is 120 cm³/mol. The third-order valence-electron chi connectivity index (χ3n) is 7.63. The van der Waals surface area contributed by atoms with Crippen molar-refractivity contribution in [3.63, 3.8) is 0 Å². The minimum absolute atomic E-state index is 0.0317. The maximum absolute atomic E-state index is 7.07. The summed E-state index contributed by atoms with van der Waals surface area (Å²) < 4.78 is 0. The van der Waals surface area contributed by atoms with Crippen molar-refractivity contribution in [1.82, 2.24) is 5.32 Å². The van der Waals surface area contributed by atoms with Crippen LogP contribution in [0.15, 0.2) is 0 Å². The maximum Gasteiger partial charge on any atom is 0.0345 e. The molecule has 2 fully saturated rings. The average Bonchev–Trinajstić information content (AvgIpc) is 2.39. The highest BCUT2D eigenvalue weighted by Gasteiger charge is 2.56. The van der Waals surface area contributed by atoms with Gasteiger partial charge in [-0.1, -0.05) is 75.7 Å². The summed E-state index contributed by atoms with van der Waals surface area (Å²) in [6.45, 7) is 24.3. The summed E-state index contributed by atoms with van der Waals surface area (Å²) in [7, 11) is 0. The van der Waals surface area contributed by atoms with Crippen molar-refractivity contribution < 1.29 is 0 Å². The van der Waals surface area contributed by atoms with Crippen LogP contribution in [-0.2, 0) is 0 Å². The molecule has 2 unspecified atom stereocenters. The highest BCUT2D eigenvalue weighted by atomic mass is 15.1. The van der Waals surface area contributed by atoms with Crippen molar-refractivity contribution in [1.29, 1.82) is 0 Å². The number of hydrogen-bond acceptors (Lipinski definition) is 2. The van der Waals surface area contributed by atoms with Gasteiger partial charge in [0.1, 0.15) is 0 Å². The molecule has 0 bridgehead atoms. The summed E-state index contributed by atoms with van der Waals surface area (Å²) in [5.41, 5.74) is 8.55. The summed E-state index contributed by atoms with van der Waals surface area (Å²) in [6, 6.07) is 0.199. The molecule has 0 aromatic carbocycles. The van der Waals surface area contributed by atoms with Gasteiger partial charge >= 0.3 is 0 Å². The second kappa shape index (κ2) is 7.01. The Labute approximate surface area is 170 Å². The first kappa shape index (κ1) is 23.2. The molecule has 0 aromatic heterocycles. The van der Waals surface area contributed by atoms with E-state index in [2.05, 4.69) is 74.6 Å². The molecule has 2 nitrogen and oxygen atoms in total. The molecule has 27 heavy (non-hydrogen) atoms. The molecule has 0 saturated heterocycles.